The van der Waals surface area contributed by atoms with Crippen molar-refractivity contribution < 1.29 is 9.53 Å². The van der Waals surface area contributed by atoms with Crippen molar-refractivity contribution in [2.24, 2.45) is 0 Å². The van der Waals surface area contributed by atoms with Gasteiger partial charge in [0.2, 0.25) is 0 Å². The van der Waals surface area contributed by atoms with Gasteiger partial charge < -0.3 is 14.5 Å². The van der Waals surface area contributed by atoms with Crippen LogP contribution in [0.4, 0.5) is 16.3 Å². The van der Waals surface area contributed by atoms with Gasteiger partial charge in [0, 0.05) is 42.7 Å². The lowest BCUT2D eigenvalue weighted by Crippen LogP contribution is -2.54. The molecule has 0 aromatic carbocycles. The van der Waals surface area contributed by atoms with Crippen molar-refractivity contribution in [2.75, 3.05) is 36.0 Å². The third-order valence-corrected chi connectivity index (χ3v) is 5.90. The van der Waals surface area contributed by atoms with Crippen LogP contribution in [0, 0.1) is 6.92 Å². The smallest absolute Gasteiger partial charge is 0.410 e. The summed E-state index contributed by atoms with van der Waals surface area (Å²) in [6, 6.07) is 4.04. The van der Waals surface area contributed by atoms with Crippen LogP contribution in [-0.2, 0) is 24.2 Å². The quantitative estimate of drug-likeness (QED) is 0.788. The monoisotopic (exact) mass is 394 g/mol. The average molecular weight is 394 g/mol. The van der Waals surface area contributed by atoms with Gasteiger partial charge in [-0.15, -0.1) is 0 Å². The van der Waals surface area contributed by atoms with Gasteiger partial charge in [0.1, 0.15) is 17.7 Å². The Morgan fingerprint density at radius 3 is 2.72 bits per heavy atom. The molecule has 0 N–H and O–H groups in total. The number of amides is 1. The zero-order valence-electron chi connectivity index (χ0n) is 17.0. The molecule has 5 heterocycles. The topological polar surface area (TPSA) is 74.7 Å². The first kappa shape index (κ1) is 18.1. The van der Waals surface area contributed by atoms with Crippen molar-refractivity contribution in [3.8, 4) is 0 Å². The van der Waals surface area contributed by atoms with E-state index in [9.17, 15) is 4.79 Å². The van der Waals surface area contributed by atoms with E-state index in [-0.39, 0.29) is 12.2 Å². The van der Waals surface area contributed by atoms with E-state index >= 15 is 0 Å². The standard InChI is InChI=1S/C21H26N6O2/c1-3-19-23-18-13-27(12-17(18)20(24-19)25-7-4-8-25)21(28)29-16-10-26(11-16)15-5-6-22-14(2)9-15/h5-6,9,16H,3-4,7-8,10-13H2,1-2H3. The molecule has 5 rings (SSSR count). The van der Waals surface area contributed by atoms with Gasteiger partial charge in [0.05, 0.1) is 31.9 Å². The molecule has 3 aliphatic rings. The van der Waals surface area contributed by atoms with E-state index in [1.807, 2.05) is 19.2 Å². The number of pyridine rings is 1. The van der Waals surface area contributed by atoms with Crippen molar-refractivity contribution in [1.82, 2.24) is 19.9 Å². The molecule has 0 radical (unpaired) electrons. The zero-order valence-corrected chi connectivity index (χ0v) is 17.0. The summed E-state index contributed by atoms with van der Waals surface area (Å²) in [5, 5.41) is 0. The van der Waals surface area contributed by atoms with Crippen LogP contribution in [0.25, 0.3) is 0 Å². The summed E-state index contributed by atoms with van der Waals surface area (Å²) in [5.74, 6) is 1.86. The number of hydrogen-bond donors (Lipinski definition) is 0. The van der Waals surface area contributed by atoms with Crippen LogP contribution in [0.15, 0.2) is 18.3 Å². The Labute approximate surface area is 170 Å². The highest BCUT2D eigenvalue weighted by molar-refractivity contribution is 5.70. The van der Waals surface area contributed by atoms with Gasteiger partial charge >= 0.3 is 6.09 Å². The molecule has 2 fully saturated rings. The van der Waals surface area contributed by atoms with E-state index in [2.05, 4.69) is 32.8 Å². The summed E-state index contributed by atoms with van der Waals surface area (Å²) in [4.78, 5) is 32.6. The SMILES string of the molecule is CCc1nc2c(c(N3CCC3)n1)CN(C(=O)OC1CN(c3ccnc(C)c3)C1)C2. The number of anilines is 2. The van der Waals surface area contributed by atoms with Crippen molar-refractivity contribution in [1.29, 1.82) is 0 Å². The predicted molar refractivity (Wildman–Crippen MR) is 109 cm³/mol. The van der Waals surface area contributed by atoms with Gasteiger partial charge in [0.25, 0.3) is 0 Å². The second kappa shape index (κ2) is 7.17. The van der Waals surface area contributed by atoms with E-state index < -0.39 is 0 Å². The van der Waals surface area contributed by atoms with Crippen LogP contribution in [0.2, 0.25) is 0 Å². The van der Waals surface area contributed by atoms with Gasteiger partial charge in [-0.3, -0.25) is 9.88 Å². The van der Waals surface area contributed by atoms with Crippen molar-refractivity contribution in [2.45, 2.75) is 45.9 Å². The number of carbonyl (C=O) groups is 1. The molecule has 0 atom stereocenters. The Morgan fingerprint density at radius 2 is 2.03 bits per heavy atom. The largest absolute Gasteiger partial charge is 0.442 e. The molecule has 0 saturated carbocycles. The maximum atomic E-state index is 12.7. The minimum absolute atomic E-state index is 0.0770. The number of nitrogens with zero attached hydrogens (tertiary/aromatic N) is 6. The molecule has 2 saturated heterocycles. The van der Waals surface area contributed by atoms with E-state index in [4.69, 9.17) is 9.72 Å². The summed E-state index contributed by atoms with van der Waals surface area (Å²) < 4.78 is 5.75. The lowest BCUT2D eigenvalue weighted by molar-refractivity contribution is 0.0490. The molecule has 152 valence electrons. The highest BCUT2D eigenvalue weighted by Gasteiger charge is 2.36. The fourth-order valence-electron chi connectivity index (χ4n) is 4.03. The molecule has 29 heavy (non-hydrogen) atoms. The fourth-order valence-corrected chi connectivity index (χ4v) is 4.03. The Balaban J connectivity index is 1.22. The number of aromatic nitrogens is 3. The number of carbonyl (C=O) groups excluding carboxylic acids is 1. The van der Waals surface area contributed by atoms with E-state index in [1.54, 1.807) is 4.90 Å². The van der Waals surface area contributed by atoms with Crippen molar-refractivity contribution in [3.05, 3.63) is 41.1 Å². The second-order valence-corrected chi connectivity index (χ2v) is 8.01. The fraction of sp³-hybridized carbons (Fsp3) is 0.524. The normalized spacial score (nSPS) is 18.3. The molecular weight excluding hydrogens is 368 g/mol. The Kier molecular flexibility index (Phi) is 4.49. The van der Waals surface area contributed by atoms with Crippen LogP contribution in [-0.4, -0.2) is 58.2 Å². The lowest BCUT2D eigenvalue weighted by Gasteiger charge is -2.40. The van der Waals surface area contributed by atoms with E-state index in [0.717, 1.165) is 66.9 Å². The zero-order chi connectivity index (χ0) is 20.0. The molecule has 0 bridgehead atoms. The lowest BCUT2D eigenvalue weighted by atomic mass is 10.1. The van der Waals surface area contributed by atoms with Crippen molar-refractivity contribution >= 4 is 17.6 Å². The highest BCUT2D eigenvalue weighted by Crippen LogP contribution is 2.32. The van der Waals surface area contributed by atoms with E-state index in [1.165, 1.54) is 6.42 Å². The summed E-state index contributed by atoms with van der Waals surface area (Å²) in [6.45, 7) is 8.58. The van der Waals surface area contributed by atoms with Crippen LogP contribution in [0.5, 0.6) is 0 Å². The second-order valence-electron chi connectivity index (χ2n) is 8.01. The summed E-state index contributed by atoms with van der Waals surface area (Å²) in [6.07, 6.45) is 3.47. The minimum Gasteiger partial charge on any atom is -0.442 e. The number of aryl methyl sites for hydroxylation is 2. The molecule has 2 aromatic heterocycles. The Morgan fingerprint density at radius 1 is 1.21 bits per heavy atom. The molecule has 8 heteroatoms. The predicted octanol–water partition coefficient (Wildman–Crippen LogP) is 2.29. The van der Waals surface area contributed by atoms with E-state index in [0.29, 0.717) is 13.1 Å². The first-order valence-electron chi connectivity index (χ1n) is 10.4. The Hall–Kier alpha value is -2.90. The maximum absolute atomic E-state index is 12.7. The minimum atomic E-state index is -0.258. The molecule has 8 nitrogen and oxygen atoms in total. The van der Waals surface area contributed by atoms with Crippen LogP contribution >= 0.6 is 0 Å². The van der Waals surface area contributed by atoms with Gasteiger partial charge in [0.15, 0.2) is 0 Å². The highest BCUT2D eigenvalue weighted by atomic mass is 16.6. The maximum Gasteiger partial charge on any atom is 0.410 e. The van der Waals surface area contributed by atoms with Crippen molar-refractivity contribution in [3.63, 3.8) is 0 Å². The number of rotatable bonds is 4. The van der Waals surface area contributed by atoms with Crippen LogP contribution in [0.3, 0.4) is 0 Å². The number of ether oxygens (including phenoxy) is 1. The van der Waals surface area contributed by atoms with Crippen LogP contribution < -0.4 is 9.80 Å². The first-order valence-corrected chi connectivity index (χ1v) is 10.4. The molecule has 3 aliphatic heterocycles. The van der Waals surface area contributed by atoms with Gasteiger partial charge in [-0.25, -0.2) is 14.8 Å². The van der Waals surface area contributed by atoms with Crippen LogP contribution in [0.1, 0.15) is 36.1 Å². The molecule has 0 aliphatic carbocycles. The molecule has 1 amide bonds. The summed E-state index contributed by atoms with van der Waals surface area (Å²) in [7, 11) is 0. The third kappa shape index (κ3) is 3.36. The molecule has 0 unspecified atom stereocenters. The molecule has 2 aromatic rings. The van der Waals surface area contributed by atoms with Gasteiger partial charge in [-0.1, -0.05) is 6.92 Å². The number of fused-ring (bicyclic) bond motifs is 1. The van der Waals surface area contributed by atoms with Gasteiger partial charge in [-0.2, -0.15) is 0 Å². The summed E-state index contributed by atoms with van der Waals surface area (Å²) >= 11 is 0. The molecular formula is C21H26N6O2. The average Bonchev–Trinajstić information content (AvgIpc) is 3.07. The summed E-state index contributed by atoms with van der Waals surface area (Å²) in [5.41, 5.74) is 4.17. The first-order chi connectivity index (χ1) is 14.1. The molecule has 0 spiro atoms. The third-order valence-electron chi connectivity index (χ3n) is 5.90. The Bertz CT molecular complexity index is 939. The van der Waals surface area contributed by atoms with Gasteiger partial charge in [-0.05, 0) is 25.5 Å². The number of hydrogen-bond acceptors (Lipinski definition) is 7.